The third-order valence-corrected chi connectivity index (χ3v) is 5.69. The zero-order valence-corrected chi connectivity index (χ0v) is 42.3. The monoisotopic (exact) mass is 806 g/mol. The molecule has 0 aromatic carbocycles. The van der Waals surface area contributed by atoms with Crippen LogP contribution in [0.2, 0.25) is 0 Å². The molecule has 6 heteroatoms. The minimum Gasteiger partial charge on any atom is -0.171 e. The van der Waals surface area contributed by atoms with Gasteiger partial charge >= 0.3 is 12.4 Å². The lowest BCUT2D eigenvalue weighted by Crippen LogP contribution is -2.19. The second-order valence-electron chi connectivity index (χ2n) is 15.1. The van der Waals surface area contributed by atoms with Gasteiger partial charge in [0.25, 0.3) is 0 Å². The van der Waals surface area contributed by atoms with Gasteiger partial charge in [0, 0.05) is 4.11 Å². The van der Waals surface area contributed by atoms with E-state index in [4.69, 9.17) is 4.11 Å². The van der Waals surface area contributed by atoms with Crippen molar-refractivity contribution in [3.05, 3.63) is 0 Å². The topological polar surface area (TPSA) is 0 Å². The van der Waals surface area contributed by atoms with Gasteiger partial charge in [-0.05, 0) is 36.5 Å². The smallest absolute Gasteiger partial charge is 0.171 e. The van der Waals surface area contributed by atoms with Gasteiger partial charge in [-0.2, -0.15) is 26.3 Å². The molecule has 0 aromatic rings. The fourth-order valence-electron chi connectivity index (χ4n) is 1.76. The first-order chi connectivity index (χ1) is 25.5. The van der Waals surface area contributed by atoms with Gasteiger partial charge in [-0.3, -0.25) is 0 Å². The second kappa shape index (κ2) is 73.7. The molecule has 0 spiro atoms. The van der Waals surface area contributed by atoms with E-state index in [-0.39, 0.29) is 18.7 Å². The lowest BCUT2D eigenvalue weighted by molar-refractivity contribution is -0.171. The van der Waals surface area contributed by atoms with Crippen molar-refractivity contribution < 1.29 is 30.5 Å². The summed E-state index contributed by atoms with van der Waals surface area (Å²) in [5, 5.41) is 0. The van der Waals surface area contributed by atoms with Crippen LogP contribution >= 0.6 is 0 Å². The molecule has 346 valence electrons. The Bertz CT molecular complexity index is 580. The normalized spacial score (nSPS) is 11.9. The number of hydrogen-bond acceptors (Lipinski definition) is 0. The highest BCUT2D eigenvalue weighted by molar-refractivity contribution is 4.60. The molecule has 0 aromatic heterocycles. The Kier molecular flexibility index (Phi) is 97.3. The molecule has 0 radical (unpaired) electrons. The first-order valence-corrected chi connectivity index (χ1v) is 22.2. The Morgan fingerprint density at radius 3 is 0.685 bits per heavy atom. The summed E-state index contributed by atoms with van der Waals surface area (Å²) < 4.78 is 89.9. The Morgan fingerprint density at radius 2 is 0.667 bits per heavy atom. The third-order valence-electron chi connectivity index (χ3n) is 5.69. The fourth-order valence-corrected chi connectivity index (χ4v) is 1.76. The van der Waals surface area contributed by atoms with Crippen LogP contribution in [-0.4, -0.2) is 12.4 Å². The molecule has 0 saturated heterocycles. The van der Waals surface area contributed by atoms with Crippen LogP contribution in [0.3, 0.4) is 0 Å². The standard InChI is InChI=1S/C6H11F3.C6H14.C5H9F3.2C5H12.4C4H10.C3H8.C2H6/c1-3-4-5(2)6(7,8)9;1-4-5-6(2)3;1-3-4(2)5(6,7)8;1-4-5(2)3;1-3-5-4-2;2*1-4(2)3;2*1-3-4-2;1-3-2;1-2/h5H,3-4H2,1-2H3;6H,4-5H2,1-3H3;4H,3H2,1-2H3;5H,4H2,1-3H3;3-5H2,1-2H3;2*4H,1-3H3;2*3-4H2,1-2H3;3H2,1-2H3;1-2H3/i;;;;;4D;;3D2;;;. The molecule has 2 unspecified atom stereocenters. The van der Waals surface area contributed by atoms with Crippen LogP contribution in [-0.2, 0) is 0 Å². The summed E-state index contributed by atoms with van der Waals surface area (Å²) in [5.74, 6) is 0.0787. The summed E-state index contributed by atoms with van der Waals surface area (Å²) in [5.41, 5.74) is 0. The summed E-state index contributed by atoms with van der Waals surface area (Å²) >= 11 is 0. The van der Waals surface area contributed by atoms with Crippen molar-refractivity contribution in [1.82, 2.24) is 0 Å². The Morgan fingerprint density at radius 1 is 0.426 bits per heavy atom. The van der Waals surface area contributed by atoms with Crippen molar-refractivity contribution in [1.29, 1.82) is 0 Å². The molecule has 2 atom stereocenters. The first-order valence-electron chi connectivity index (χ1n) is 23.7. The summed E-state index contributed by atoms with van der Waals surface area (Å²) in [6.07, 6.45) is 4.65. The van der Waals surface area contributed by atoms with E-state index in [1.165, 1.54) is 78.6 Å². The van der Waals surface area contributed by atoms with Crippen molar-refractivity contribution in [2.24, 2.45) is 35.5 Å². The number of hydrogen-bond donors (Lipinski definition) is 0. The zero-order valence-electron chi connectivity index (χ0n) is 45.3. The van der Waals surface area contributed by atoms with Gasteiger partial charge in [-0.15, -0.1) is 0 Å². The van der Waals surface area contributed by atoms with Crippen LogP contribution < -0.4 is 0 Å². The summed E-state index contributed by atoms with van der Waals surface area (Å²) in [6.45, 7) is 51.6. The van der Waals surface area contributed by atoms with Gasteiger partial charge in [0.2, 0.25) is 0 Å². The van der Waals surface area contributed by atoms with Crippen molar-refractivity contribution in [3.63, 3.8) is 0 Å². The molecular formula is C48H112F6. The number of halogens is 6. The highest BCUT2D eigenvalue weighted by Gasteiger charge is 2.35. The van der Waals surface area contributed by atoms with Crippen molar-refractivity contribution in [2.45, 2.75) is 282 Å². The van der Waals surface area contributed by atoms with Gasteiger partial charge in [0.05, 0.1) is 11.8 Å². The summed E-state index contributed by atoms with van der Waals surface area (Å²) in [6, 6.07) is 0. The predicted molar refractivity (Wildman–Crippen MR) is 245 cm³/mol. The predicted octanol–water partition coefficient (Wildman–Crippen LogP) is 21.7. The highest BCUT2D eigenvalue weighted by atomic mass is 19.4. The molecular weight excluding hydrogens is 691 g/mol. The zero-order chi connectivity index (χ0) is 49.1. The molecule has 0 amide bonds. The minimum absolute atomic E-state index is 0.170. The molecule has 0 bridgehead atoms. The van der Waals surface area contributed by atoms with Gasteiger partial charge in [0.1, 0.15) is 0 Å². The minimum atomic E-state index is -3.99. The van der Waals surface area contributed by atoms with E-state index < -0.39 is 30.6 Å². The Hall–Kier alpha value is -0.420. The van der Waals surface area contributed by atoms with Crippen molar-refractivity contribution in [2.75, 3.05) is 0 Å². The van der Waals surface area contributed by atoms with Crippen LogP contribution in [0.5, 0.6) is 0 Å². The molecule has 0 aliphatic rings. The number of alkyl halides is 6. The Balaban J connectivity index is -0.0000000462. The van der Waals surface area contributed by atoms with Gasteiger partial charge in [0.15, 0.2) is 0 Å². The average molecular weight is 806 g/mol. The lowest BCUT2D eigenvalue weighted by atomic mass is 10.1. The molecule has 0 heterocycles. The summed E-state index contributed by atoms with van der Waals surface area (Å²) in [7, 11) is 0. The molecule has 0 saturated carbocycles. The van der Waals surface area contributed by atoms with E-state index in [2.05, 4.69) is 104 Å². The van der Waals surface area contributed by atoms with E-state index in [0.29, 0.717) is 12.8 Å². The van der Waals surface area contributed by atoms with Gasteiger partial charge in [-0.1, -0.05) is 257 Å². The molecule has 0 N–H and O–H groups in total. The van der Waals surface area contributed by atoms with Crippen LogP contribution in [0, 0.1) is 35.5 Å². The SMILES string of the molecule is CC.CC(C)C.CCC.CCC(C)C.CCC(C)C(F)(F)F.CCCC.CCCC(C)C.CCCC(C)C(F)(F)F.CCCCC.[2H]C(C)(C)C.[2H]C([2H])(C)CC. The van der Waals surface area contributed by atoms with E-state index in [1.54, 1.807) is 13.8 Å². The average Bonchev–Trinajstić information content (AvgIpc) is 3.05. The van der Waals surface area contributed by atoms with Crippen LogP contribution in [0.1, 0.15) is 274 Å². The quantitative estimate of drug-likeness (QED) is 0.193. The van der Waals surface area contributed by atoms with E-state index in [0.717, 1.165) is 17.8 Å². The molecule has 0 rings (SSSR count). The third kappa shape index (κ3) is 202. The largest absolute Gasteiger partial charge is 0.391 e. The fraction of sp³-hybridized carbons (Fsp3) is 1.00. The lowest BCUT2D eigenvalue weighted by Gasteiger charge is -2.13. The number of unbranched alkanes of at least 4 members (excludes halogenated alkanes) is 3. The van der Waals surface area contributed by atoms with Gasteiger partial charge in [-0.25, -0.2) is 0 Å². The van der Waals surface area contributed by atoms with Crippen LogP contribution in [0.4, 0.5) is 26.3 Å². The maximum Gasteiger partial charge on any atom is 0.391 e. The molecule has 0 aliphatic carbocycles. The van der Waals surface area contributed by atoms with E-state index in [9.17, 15) is 26.3 Å². The van der Waals surface area contributed by atoms with E-state index >= 15 is 0 Å². The van der Waals surface area contributed by atoms with Crippen LogP contribution in [0.25, 0.3) is 0 Å². The van der Waals surface area contributed by atoms with Gasteiger partial charge < -0.3 is 0 Å². The maximum atomic E-state index is 11.6. The molecule has 0 fully saturated rings. The Labute approximate surface area is 347 Å². The molecule has 0 aliphatic heterocycles. The highest BCUT2D eigenvalue weighted by Crippen LogP contribution is 2.29. The molecule has 0 nitrogen and oxygen atoms in total. The maximum absolute atomic E-state index is 11.6. The molecule has 54 heavy (non-hydrogen) atoms. The van der Waals surface area contributed by atoms with E-state index in [1.807, 2.05) is 41.5 Å². The van der Waals surface area contributed by atoms with Crippen molar-refractivity contribution >= 4 is 0 Å². The van der Waals surface area contributed by atoms with Crippen LogP contribution in [0.15, 0.2) is 0 Å². The second-order valence-corrected chi connectivity index (χ2v) is 15.1. The number of rotatable bonds is 10. The first kappa shape index (κ1) is 71.3. The summed E-state index contributed by atoms with van der Waals surface area (Å²) in [4.78, 5) is 0. The van der Waals surface area contributed by atoms with Crippen molar-refractivity contribution in [3.8, 4) is 0 Å².